The molecule has 0 aromatic heterocycles. The van der Waals surface area contributed by atoms with Gasteiger partial charge in [-0.25, -0.2) is 0 Å². The molecule has 0 spiro atoms. The summed E-state index contributed by atoms with van der Waals surface area (Å²) in [5.41, 5.74) is 1.06. The van der Waals surface area contributed by atoms with E-state index in [9.17, 15) is 9.59 Å². The molecule has 0 aliphatic heterocycles. The van der Waals surface area contributed by atoms with Crippen LogP contribution in [0.2, 0.25) is 0 Å². The van der Waals surface area contributed by atoms with Gasteiger partial charge >= 0.3 is 0 Å². The predicted molar refractivity (Wildman–Crippen MR) is 101 cm³/mol. The third kappa shape index (κ3) is 4.99. The molecule has 0 unspecified atom stereocenters. The predicted octanol–water partition coefficient (Wildman–Crippen LogP) is 3.19. The fourth-order valence-corrected chi connectivity index (χ4v) is 2.57. The lowest BCUT2D eigenvalue weighted by molar-refractivity contribution is -0.116. The minimum atomic E-state index is -0.279. The Balaban J connectivity index is 2.11. The number of carbonyl (C=O) groups is 2. The molecule has 0 bridgehead atoms. The van der Waals surface area contributed by atoms with Gasteiger partial charge in [0.15, 0.2) is 0 Å². The summed E-state index contributed by atoms with van der Waals surface area (Å²) >= 11 is 0. The lowest BCUT2D eigenvalue weighted by Gasteiger charge is -2.22. The molecule has 0 radical (unpaired) electrons. The van der Waals surface area contributed by atoms with Crippen molar-refractivity contribution in [2.45, 2.75) is 13.3 Å². The molecule has 2 amide bonds. The van der Waals surface area contributed by atoms with Crippen molar-refractivity contribution in [1.82, 2.24) is 4.90 Å². The normalized spacial score (nSPS) is 10.1. The smallest absolute Gasteiger partial charge is 0.254 e. The second kappa shape index (κ2) is 9.46. The lowest BCUT2D eigenvalue weighted by atomic mass is 10.2. The van der Waals surface area contributed by atoms with Crippen LogP contribution in [0.25, 0.3) is 0 Å². The van der Waals surface area contributed by atoms with Gasteiger partial charge in [0, 0.05) is 12.1 Å². The van der Waals surface area contributed by atoms with Gasteiger partial charge in [0.25, 0.3) is 5.91 Å². The summed E-state index contributed by atoms with van der Waals surface area (Å²) in [6.07, 6.45) is 0.748. The number of nitrogens with one attached hydrogen (secondary N) is 1. The van der Waals surface area contributed by atoms with Crippen LogP contribution in [0.4, 0.5) is 5.69 Å². The molecular weight excluding hydrogens is 332 g/mol. The monoisotopic (exact) mass is 356 g/mol. The first-order valence-corrected chi connectivity index (χ1v) is 8.45. The largest absolute Gasteiger partial charge is 0.497 e. The Bertz CT molecular complexity index is 761. The number of amides is 2. The maximum Gasteiger partial charge on any atom is 0.254 e. The van der Waals surface area contributed by atoms with Gasteiger partial charge < -0.3 is 19.7 Å². The van der Waals surface area contributed by atoms with E-state index in [1.807, 2.05) is 19.1 Å². The van der Waals surface area contributed by atoms with Crippen molar-refractivity contribution >= 4 is 17.5 Å². The number of nitrogens with zero attached hydrogens (tertiary/aromatic N) is 1. The molecule has 0 saturated heterocycles. The Morgan fingerprint density at radius 3 is 2.50 bits per heavy atom. The quantitative estimate of drug-likeness (QED) is 0.789. The highest BCUT2D eigenvalue weighted by atomic mass is 16.5. The summed E-state index contributed by atoms with van der Waals surface area (Å²) in [7, 11) is 3.09. The van der Waals surface area contributed by atoms with Crippen LogP contribution in [0.1, 0.15) is 23.7 Å². The van der Waals surface area contributed by atoms with E-state index in [0.717, 1.165) is 6.42 Å². The zero-order valence-corrected chi connectivity index (χ0v) is 15.3. The first-order chi connectivity index (χ1) is 12.6. The number of ether oxygens (including phenoxy) is 2. The molecule has 26 heavy (non-hydrogen) atoms. The Hall–Kier alpha value is -3.02. The van der Waals surface area contributed by atoms with Gasteiger partial charge in [-0.2, -0.15) is 0 Å². The second-order valence-corrected chi connectivity index (χ2v) is 5.71. The molecular formula is C20H24N2O4. The SMILES string of the molecule is CCCN(CC(=O)Nc1ccccc1OC)C(=O)c1cccc(OC)c1. The molecule has 6 heteroatoms. The van der Waals surface area contributed by atoms with Crippen LogP contribution in [0.5, 0.6) is 11.5 Å². The fraction of sp³-hybridized carbons (Fsp3) is 0.300. The van der Waals surface area contributed by atoms with Crippen LogP contribution in [0.15, 0.2) is 48.5 Å². The summed E-state index contributed by atoms with van der Waals surface area (Å²) in [4.78, 5) is 26.7. The number of rotatable bonds is 8. The molecule has 6 nitrogen and oxygen atoms in total. The molecule has 2 rings (SSSR count). The molecule has 0 heterocycles. The number of hydrogen-bond acceptors (Lipinski definition) is 4. The highest BCUT2D eigenvalue weighted by molar-refractivity contribution is 6.00. The minimum Gasteiger partial charge on any atom is -0.497 e. The van der Waals surface area contributed by atoms with Crippen molar-refractivity contribution in [3.8, 4) is 11.5 Å². The Kier molecular flexibility index (Phi) is 7.02. The van der Waals surface area contributed by atoms with Crippen molar-refractivity contribution in [2.24, 2.45) is 0 Å². The average Bonchev–Trinajstić information content (AvgIpc) is 2.67. The van der Waals surface area contributed by atoms with Crippen LogP contribution in [0.3, 0.4) is 0 Å². The third-order valence-electron chi connectivity index (χ3n) is 3.81. The molecule has 0 atom stereocenters. The van der Waals surface area contributed by atoms with Crippen LogP contribution in [-0.2, 0) is 4.79 Å². The Morgan fingerprint density at radius 1 is 1.04 bits per heavy atom. The highest BCUT2D eigenvalue weighted by Crippen LogP contribution is 2.23. The standard InChI is InChI=1S/C20H24N2O4/c1-4-12-22(20(24)15-8-7-9-16(13-15)25-2)14-19(23)21-17-10-5-6-11-18(17)26-3/h5-11,13H,4,12,14H2,1-3H3,(H,21,23). The van der Waals surface area contributed by atoms with E-state index in [-0.39, 0.29) is 18.4 Å². The Morgan fingerprint density at radius 2 is 1.81 bits per heavy atom. The first-order valence-electron chi connectivity index (χ1n) is 8.45. The molecule has 0 saturated carbocycles. The fourth-order valence-electron chi connectivity index (χ4n) is 2.57. The van der Waals surface area contributed by atoms with Gasteiger partial charge in [0.05, 0.1) is 19.9 Å². The van der Waals surface area contributed by atoms with Crippen LogP contribution in [-0.4, -0.2) is 44.0 Å². The summed E-state index contributed by atoms with van der Waals surface area (Å²) in [5, 5.41) is 2.80. The highest BCUT2D eigenvalue weighted by Gasteiger charge is 2.19. The van der Waals surface area contributed by atoms with Crippen molar-refractivity contribution < 1.29 is 19.1 Å². The summed E-state index contributed by atoms with van der Waals surface area (Å²) in [6, 6.07) is 14.1. The minimum absolute atomic E-state index is 0.0398. The van der Waals surface area contributed by atoms with Gasteiger partial charge in [-0.1, -0.05) is 25.1 Å². The van der Waals surface area contributed by atoms with Crippen LogP contribution in [0, 0.1) is 0 Å². The van der Waals surface area contributed by atoms with Crippen molar-refractivity contribution in [1.29, 1.82) is 0 Å². The third-order valence-corrected chi connectivity index (χ3v) is 3.81. The van der Waals surface area contributed by atoms with E-state index >= 15 is 0 Å². The van der Waals surface area contributed by atoms with Crippen molar-refractivity contribution in [3.63, 3.8) is 0 Å². The first kappa shape index (κ1) is 19.3. The second-order valence-electron chi connectivity index (χ2n) is 5.71. The van der Waals surface area contributed by atoms with Gasteiger partial charge in [0.2, 0.25) is 5.91 Å². The number of methoxy groups -OCH3 is 2. The van der Waals surface area contributed by atoms with E-state index < -0.39 is 0 Å². The van der Waals surface area contributed by atoms with Gasteiger partial charge in [-0.15, -0.1) is 0 Å². The number of benzene rings is 2. The zero-order chi connectivity index (χ0) is 18.9. The van der Waals surface area contributed by atoms with E-state index in [4.69, 9.17) is 9.47 Å². The van der Waals surface area contributed by atoms with Gasteiger partial charge in [-0.05, 0) is 36.8 Å². The van der Waals surface area contributed by atoms with E-state index in [1.54, 1.807) is 50.6 Å². The van der Waals surface area contributed by atoms with Crippen LogP contribution < -0.4 is 14.8 Å². The number of anilines is 1. The molecule has 0 fully saturated rings. The van der Waals surface area contributed by atoms with Crippen molar-refractivity contribution in [3.05, 3.63) is 54.1 Å². The molecule has 0 aliphatic carbocycles. The van der Waals surface area contributed by atoms with E-state index in [1.165, 1.54) is 4.90 Å². The van der Waals surface area contributed by atoms with Gasteiger partial charge in [-0.3, -0.25) is 9.59 Å². The maximum atomic E-state index is 12.8. The van der Waals surface area contributed by atoms with Crippen molar-refractivity contribution in [2.75, 3.05) is 32.6 Å². The van der Waals surface area contributed by atoms with E-state index in [2.05, 4.69) is 5.32 Å². The summed E-state index contributed by atoms with van der Waals surface area (Å²) < 4.78 is 10.4. The molecule has 138 valence electrons. The number of hydrogen-bond donors (Lipinski definition) is 1. The molecule has 0 aliphatic rings. The Labute approximate surface area is 153 Å². The maximum absolute atomic E-state index is 12.8. The van der Waals surface area contributed by atoms with E-state index in [0.29, 0.717) is 29.3 Å². The molecule has 1 N–H and O–H groups in total. The number of carbonyl (C=O) groups excluding carboxylic acids is 2. The molecule has 2 aromatic carbocycles. The van der Waals surface area contributed by atoms with Gasteiger partial charge in [0.1, 0.15) is 18.0 Å². The molecule has 2 aromatic rings. The summed E-state index contributed by atoms with van der Waals surface area (Å²) in [5.74, 6) is 0.688. The van der Waals surface area contributed by atoms with Crippen LogP contribution >= 0.6 is 0 Å². The lowest BCUT2D eigenvalue weighted by Crippen LogP contribution is -2.38. The average molecular weight is 356 g/mol. The zero-order valence-electron chi connectivity index (χ0n) is 15.3. The topological polar surface area (TPSA) is 67.9 Å². The summed E-state index contributed by atoms with van der Waals surface area (Å²) in [6.45, 7) is 2.40. The number of para-hydroxylation sites is 2.